The van der Waals surface area contributed by atoms with Gasteiger partial charge in [0, 0.05) is 25.4 Å². The molecule has 0 saturated carbocycles. The lowest BCUT2D eigenvalue weighted by atomic mass is 10.0. The first-order chi connectivity index (χ1) is 7.17. The molecular formula is C12H22ClNO. The minimum absolute atomic E-state index is 0.347. The van der Waals surface area contributed by atoms with Gasteiger partial charge in [-0.05, 0) is 24.7 Å². The minimum atomic E-state index is 0.347. The second-order valence-corrected chi connectivity index (χ2v) is 5.07. The zero-order chi connectivity index (χ0) is 11.3. The molecule has 2 unspecified atom stereocenters. The predicted octanol–water partition coefficient (Wildman–Crippen LogP) is 2.90. The van der Waals surface area contributed by atoms with Gasteiger partial charge in [-0.3, -0.25) is 4.79 Å². The topological polar surface area (TPSA) is 20.3 Å². The summed E-state index contributed by atoms with van der Waals surface area (Å²) in [5.74, 6) is 2.31. The van der Waals surface area contributed by atoms with Gasteiger partial charge in [-0.25, -0.2) is 0 Å². The van der Waals surface area contributed by atoms with Crippen molar-refractivity contribution in [3.63, 3.8) is 0 Å². The molecule has 0 spiro atoms. The summed E-state index contributed by atoms with van der Waals surface area (Å²) in [5, 5.41) is 0. The monoisotopic (exact) mass is 231 g/mol. The number of alkyl halides is 1. The molecule has 1 heterocycles. The maximum Gasteiger partial charge on any atom is 0.222 e. The Morgan fingerprint density at radius 2 is 2.27 bits per heavy atom. The average molecular weight is 232 g/mol. The number of likely N-dealkylation sites (tertiary alicyclic amines) is 1. The Morgan fingerprint density at radius 1 is 1.53 bits per heavy atom. The Morgan fingerprint density at radius 3 is 2.80 bits per heavy atom. The van der Waals surface area contributed by atoms with Crippen LogP contribution in [0.4, 0.5) is 0 Å². The molecule has 2 atom stereocenters. The molecule has 15 heavy (non-hydrogen) atoms. The van der Waals surface area contributed by atoms with E-state index in [0.717, 1.165) is 44.7 Å². The lowest BCUT2D eigenvalue weighted by Crippen LogP contribution is -2.27. The van der Waals surface area contributed by atoms with Crippen LogP contribution in [0, 0.1) is 11.8 Å². The lowest BCUT2D eigenvalue weighted by Gasteiger charge is -2.18. The highest BCUT2D eigenvalue weighted by molar-refractivity contribution is 6.17. The van der Waals surface area contributed by atoms with Gasteiger partial charge in [0.1, 0.15) is 0 Å². The van der Waals surface area contributed by atoms with Crippen molar-refractivity contribution in [1.29, 1.82) is 0 Å². The normalized spacial score (nSPS) is 23.5. The van der Waals surface area contributed by atoms with Crippen LogP contribution >= 0.6 is 11.6 Å². The highest BCUT2D eigenvalue weighted by Crippen LogP contribution is 2.21. The van der Waals surface area contributed by atoms with E-state index in [-0.39, 0.29) is 0 Å². The molecule has 1 aliphatic heterocycles. The van der Waals surface area contributed by atoms with Crippen LogP contribution in [0.2, 0.25) is 0 Å². The van der Waals surface area contributed by atoms with Crippen LogP contribution in [0.5, 0.6) is 0 Å². The van der Waals surface area contributed by atoms with Gasteiger partial charge in [-0.1, -0.05) is 20.3 Å². The molecule has 1 fully saturated rings. The van der Waals surface area contributed by atoms with E-state index in [4.69, 9.17) is 11.6 Å². The molecule has 0 N–H and O–H groups in total. The summed E-state index contributed by atoms with van der Waals surface area (Å²) in [5.41, 5.74) is 0. The molecule has 0 aromatic heterocycles. The summed E-state index contributed by atoms with van der Waals surface area (Å²) in [4.78, 5) is 13.6. The summed E-state index contributed by atoms with van der Waals surface area (Å²) in [6, 6.07) is 0. The first kappa shape index (κ1) is 12.8. The first-order valence-corrected chi connectivity index (χ1v) is 6.54. The molecule has 0 aromatic rings. The molecule has 1 rings (SSSR count). The third-order valence-electron chi connectivity index (χ3n) is 3.37. The zero-order valence-corrected chi connectivity index (χ0v) is 10.6. The van der Waals surface area contributed by atoms with Crippen LogP contribution in [0.1, 0.15) is 39.5 Å². The second kappa shape index (κ2) is 6.37. The Labute approximate surface area is 98.0 Å². The fourth-order valence-corrected chi connectivity index (χ4v) is 2.42. The number of hydrogen-bond donors (Lipinski definition) is 0. The van der Waals surface area contributed by atoms with Crippen LogP contribution in [0.15, 0.2) is 0 Å². The summed E-state index contributed by atoms with van der Waals surface area (Å²) in [6.45, 7) is 6.27. The Kier molecular flexibility index (Phi) is 5.44. The van der Waals surface area contributed by atoms with Crippen molar-refractivity contribution >= 4 is 17.5 Å². The van der Waals surface area contributed by atoms with Crippen LogP contribution in [-0.2, 0) is 4.79 Å². The van der Waals surface area contributed by atoms with Crippen molar-refractivity contribution in [2.24, 2.45) is 11.8 Å². The summed E-state index contributed by atoms with van der Waals surface area (Å²) in [7, 11) is 0. The number of carbonyl (C=O) groups is 1. The lowest BCUT2D eigenvalue weighted by molar-refractivity contribution is -0.127. The van der Waals surface area contributed by atoms with Gasteiger partial charge in [0.05, 0.1) is 0 Å². The maximum atomic E-state index is 11.6. The number of nitrogens with zero attached hydrogens (tertiary/aromatic N) is 1. The molecule has 0 aliphatic carbocycles. The highest BCUT2D eigenvalue weighted by Gasteiger charge is 2.27. The maximum absolute atomic E-state index is 11.6. The third-order valence-corrected chi connectivity index (χ3v) is 3.58. The Bertz CT molecular complexity index is 208. The average Bonchev–Trinajstić information content (AvgIpc) is 2.57. The van der Waals surface area contributed by atoms with Crippen molar-refractivity contribution in [3.05, 3.63) is 0 Å². The Hall–Kier alpha value is -0.240. The van der Waals surface area contributed by atoms with E-state index in [9.17, 15) is 4.79 Å². The fraction of sp³-hybridized carbons (Fsp3) is 0.917. The quantitative estimate of drug-likeness (QED) is 0.644. The molecule has 0 aromatic carbocycles. The number of carbonyl (C=O) groups excluding carboxylic acids is 1. The fourth-order valence-electron chi connectivity index (χ4n) is 2.05. The van der Waals surface area contributed by atoms with Gasteiger partial charge < -0.3 is 4.90 Å². The van der Waals surface area contributed by atoms with Crippen LogP contribution in [0.25, 0.3) is 0 Å². The molecule has 2 nitrogen and oxygen atoms in total. The van der Waals surface area contributed by atoms with Crippen molar-refractivity contribution in [2.45, 2.75) is 39.5 Å². The van der Waals surface area contributed by atoms with Gasteiger partial charge in [0.15, 0.2) is 0 Å². The number of rotatable bonds is 6. The zero-order valence-electron chi connectivity index (χ0n) is 9.84. The first-order valence-electron chi connectivity index (χ1n) is 6.01. The van der Waals surface area contributed by atoms with Crippen molar-refractivity contribution in [2.75, 3.05) is 19.0 Å². The van der Waals surface area contributed by atoms with E-state index in [0.29, 0.717) is 17.7 Å². The molecule has 3 heteroatoms. The summed E-state index contributed by atoms with van der Waals surface area (Å²) in [6.07, 6.45) is 4.04. The molecule has 0 bridgehead atoms. The molecule has 0 radical (unpaired) electrons. The molecular weight excluding hydrogens is 210 g/mol. The van der Waals surface area contributed by atoms with Gasteiger partial charge in [-0.2, -0.15) is 0 Å². The molecule has 88 valence electrons. The van der Waals surface area contributed by atoms with Crippen LogP contribution < -0.4 is 0 Å². The van der Waals surface area contributed by atoms with Gasteiger partial charge in [0.2, 0.25) is 5.91 Å². The molecule has 1 aliphatic rings. The number of halogens is 1. The summed E-state index contributed by atoms with van der Waals surface area (Å²) >= 11 is 5.69. The van der Waals surface area contributed by atoms with E-state index in [1.54, 1.807) is 0 Å². The second-order valence-electron chi connectivity index (χ2n) is 4.69. The number of hydrogen-bond acceptors (Lipinski definition) is 1. The van der Waals surface area contributed by atoms with E-state index in [1.165, 1.54) is 0 Å². The van der Waals surface area contributed by atoms with E-state index >= 15 is 0 Å². The molecule has 1 saturated heterocycles. The van der Waals surface area contributed by atoms with E-state index < -0.39 is 0 Å². The minimum Gasteiger partial charge on any atom is -0.342 e. The Balaban J connectivity index is 2.24. The van der Waals surface area contributed by atoms with E-state index in [1.807, 2.05) is 4.90 Å². The SMILES string of the molecule is CCC1CC(=O)N(CCC(C)CCCl)C1. The van der Waals surface area contributed by atoms with Crippen LogP contribution in [-0.4, -0.2) is 29.8 Å². The number of amides is 1. The predicted molar refractivity (Wildman–Crippen MR) is 64.1 cm³/mol. The molecule has 1 amide bonds. The third kappa shape index (κ3) is 4.02. The largest absolute Gasteiger partial charge is 0.342 e. The van der Waals surface area contributed by atoms with Gasteiger partial charge in [-0.15, -0.1) is 11.6 Å². The summed E-state index contributed by atoms with van der Waals surface area (Å²) < 4.78 is 0. The standard InChI is InChI=1S/C12H22ClNO/c1-3-11-8-12(15)14(9-11)7-5-10(2)4-6-13/h10-11H,3-9H2,1-2H3. The van der Waals surface area contributed by atoms with Crippen molar-refractivity contribution < 1.29 is 4.79 Å². The van der Waals surface area contributed by atoms with Gasteiger partial charge in [0.25, 0.3) is 0 Å². The smallest absolute Gasteiger partial charge is 0.222 e. The van der Waals surface area contributed by atoms with Crippen molar-refractivity contribution in [3.8, 4) is 0 Å². The van der Waals surface area contributed by atoms with Crippen LogP contribution in [0.3, 0.4) is 0 Å². The highest BCUT2D eigenvalue weighted by atomic mass is 35.5. The van der Waals surface area contributed by atoms with E-state index in [2.05, 4.69) is 13.8 Å². The van der Waals surface area contributed by atoms with Gasteiger partial charge >= 0.3 is 0 Å². The van der Waals surface area contributed by atoms with Crippen molar-refractivity contribution in [1.82, 2.24) is 4.90 Å².